The van der Waals surface area contributed by atoms with E-state index >= 15 is 0 Å². The second kappa shape index (κ2) is 10.5. The Morgan fingerprint density at radius 3 is 2.54 bits per heavy atom. The highest BCUT2D eigenvalue weighted by atomic mass is 32.1. The molecule has 1 atom stereocenters. The number of carbonyl (C=O) groups is 4. The zero-order valence-corrected chi connectivity index (χ0v) is 19.6. The second-order valence-corrected chi connectivity index (χ2v) is 8.74. The van der Waals surface area contributed by atoms with Crippen LogP contribution >= 0.6 is 11.3 Å². The van der Waals surface area contributed by atoms with Crippen molar-refractivity contribution in [3.63, 3.8) is 0 Å². The molecule has 3 aromatic rings. The van der Waals surface area contributed by atoms with E-state index in [0.717, 1.165) is 21.9 Å². The molecule has 0 radical (unpaired) electrons. The van der Waals surface area contributed by atoms with Gasteiger partial charge in [-0.25, -0.2) is 18.9 Å². The molecule has 1 aliphatic heterocycles. The Kier molecular flexibility index (Phi) is 7.21. The summed E-state index contributed by atoms with van der Waals surface area (Å²) in [6.07, 6.45) is -0.294. The molecule has 1 aliphatic rings. The van der Waals surface area contributed by atoms with Crippen LogP contribution in [0.1, 0.15) is 28.6 Å². The van der Waals surface area contributed by atoms with Crippen LogP contribution in [0.4, 0.5) is 20.6 Å². The minimum Gasteiger partial charge on any atom is -0.462 e. The number of thiophene rings is 1. The number of amides is 4. The molecule has 180 valence electrons. The largest absolute Gasteiger partial charge is 0.462 e. The van der Waals surface area contributed by atoms with Gasteiger partial charge in [0.25, 0.3) is 5.91 Å². The van der Waals surface area contributed by atoms with Gasteiger partial charge in [-0.2, -0.15) is 0 Å². The molecule has 0 aliphatic carbocycles. The number of hydrogen-bond donors (Lipinski definition) is 1. The summed E-state index contributed by atoms with van der Waals surface area (Å²) in [5.74, 6) is -2.09. The summed E-state index contributed by atoms with van der Waals surface area (Å²) in [5, 5.41) is 4.54. The molecular formula is C25H22FN3O5S. The monoisotopic (exact) mass is 495 g/mol. The smallest absolute Gasteiger partial charge is 0.338 e. The normalized spacial score (nSPS) is 15.4. The molecule has 35 heavy (non-hydrogen) atoms. The Morgan fingerprint density at radius 2 is 1.86 bits per heavy atom. The number of halogens is 1. The van der Waals surface area contributed by atoms with Gasteiger partial charge in [0, 0.05) is 10.6 Å². The van der Waals surface area contributed by atoms with Crippen molar-refractivity contribution in [2.75, 3.05) is 16.8 Å². The molecule has 2 aromatic carbocycles. The van der Waals surface area contributed by atoms with Crippen molar-refractivity contribution in [1.29, 1.82) is 0 Å². The lowest BCUT2D eigenvalue weighted by atomic mass is 10.1. The van der Waals surface area contributed by atoms with Gasteiger partial charge < -0.3 is 15.0 Å². The summed E-state index contributed by atoms with van der Waals surface area (Å²) in [6, 6.07) is 13.3. The number of nitrogens with one attached hydrogen (secondary N) is 1. The van der Waals surface area contributed by atoms with Gasteiger partial charge in [0.2, 0.25) is 5.91 Å². The summed E-state index contributed by atoms with van der Waals surface area (Å²) >= 11 is 1.43. The van der Waals surface area contributed by atoms with E-state index in [0.29, 0.717) is 5.69 Å². The first-order chi connectivity index (χ1) is 16.9. The third kappa shape index (κ3) is 5.38. The molecule has 1 fully saturated rings. The fraction of sp³-hybridized carbons (Fsp3) is 0.200. The molecule has 2 heterocycles. The van der Waals surface area contributed by atoms with Crippen LogP contribution in [0.3, 0.4) is 0 Å². The lowest BCUT2D eigenvalue weighted by Gasteiger charge is -2.21. The standard InChI is InChI=1S/C25H22FN3O5S/c1-2-34-24(32)16-5-3-6-18(13-16)27-22(30)14-21-23(31)29(19-10-8-17(26)9-11-19)25(33)28(21)15-20-7-4-12-35-20/h3-13,21H,2,14-15H2,1H3,(H,27,30)/t21-/m1/s1. The van der Waals surface area contributed by atoms with Gasteiger partial charge in [-0.1, -0.05) is 12.1 Å². The van der Waals surface area contributed by atoms with Crippen molar-refractivity contribution in [2.24, 2.45) is 0 Å². The number of imide groups is 1. The number of rotatable bonds is 8. The first kappa shape index (κ1) is 24.1. The first-order valence-corrected chi connectivity index (χ1v) is 11.7. The van der Waals surface area contributed by atoms with E-state index in [9.17, 15) is 23.6 Å². The zero-order chi connectivity index (χ0) is 24.9. The highest BCUT2D eigenvalue weighted by molar-refractivity contribution is 7.09. The number of anilines is 2. The minimum atomic E-state index is -1.05. The van der Waals surface area contributed by atoms with Crippen LogP contribution in [0.2, 0.25) is 0 Å². The minimum absolute atomic E-state index is 0.149. The molecule has 4 amide bonds. The van der Waals surface area contributed by atoms with Crippen LogP contribution in [0.25, 0.3) is 0 Å². The summed E-state index contributed by atoms with van der Waals surface area (Å²) in [4.78, 5) is 54.5. The van der Waals surface area contributed by atoms with Crippen LogP contribution in [0, 0.1) is 5.82 Å². The van der Waals surface area contributed by atoms with E-state index in [-0.39, 0.29) is 30.8 Å². The Hall–Kier alpha value is -4.05. The summed E-state index contributed by atoms with van der Waals surface area (Å²) in [5.41, 5.74) is 0.860. The van der Waals surface area contributed by atoms with Crippen LogP contribution in [-0.4, -0.2) is 41.4 Å². The van der Waals surface area contributed by atoms with Crippen molar-refractivity contribution in [1.82, 2.24) is 4.90 Å². The molecule has 0 saturated carbocycles. The van der Waals surface area contributed by atoms with Gasteiger partial charge in [0.05, 0.1) is 30.8 Å². The summed E-state index contributed by atoms with van der Waals surface area (Å²) < 4.78 is 18.4. The predicted molar refractivity (Wildman–Crippen MR) is 129 cm³/mol. The molecule has 10 heteroatoms. The SMILES string of the molecule is CCOC(=O)c1cccc(NC(=O)C[C@@H]2C(=O)N(c3ccc(F)cc3)C(=O)N2Cc2cccs2)c1. The van der Waals surface area contributed by atoms with Gasteiger partial charge in [-0.05, 0) is 60.8 Å². The Morgan fingerprint density at radius 1 is 1.09 bits per heavy atom. The topological polar surface area (TPSA) is 96.0 Å². The average Bonchev–Trinajstić information content (AvgIpc) is 3.43. The third-order valence-electron chi connectivity index (χ3n) is 5.35. The lowest BCUT2D eigenvalue weighted by molar-refractivity contribution is -0.124. The van der Waals surface area contributed by atoms with Crippen molar-refractivity contribution in [2.45, 2.75) is 25.9 Å². The predicted octanol–water partition coefficient (Wildman–Crippen LogP) is 4.43. The Labute approximate surface area is 204 Å². The maximum Gasteiger partial charge on any atom is 0.338 e. The van der Waals surface area contributed by atoms with Crippen molar-refractivity contribution < 1.29 is 28.3 Å². The third-order valence-corrected chi connectivity index (χ3v) is 6.21. The number of ether oxygens (including phenoxy) is 1. The van der Waals surface area contributed by atoms with Crippen molar-refractivity contribution in [3.05, 3.63) is 82.3 Å². The number of carbonyl (C=O) groups excluding carboxylic acids is 4. The van der Waals surface area contributed by atoms with Gasteiger partial charge in [-0.15, -0.1) is 11.3 Å². The molecule has 0 unspecified atom stereocenters. The van der Waals surface area contributed by atoms with Gasteiger partial charge in [0.15, 0.2) is 0 Å². The fourth-order valence-corrected chi connectivity index (χ4v) is 4.44. The quantitative estimate of drug-likeness (QED) is 0.368. The maximum atomic E-state index is 13.4. The highest BCUT2D eigenvalue weighted by Gasteiger charge is 2.46. The van der Waals surface area contributed by atoms with Crippen LogP contribution in [0.15, 0.2) is 66.0 Å². The molecule has 8 nitrogen and oxygen atoms in total. The van der Waals surface area contributed by atoms with Gasteiger partial charge in [-0.3, -0.25) is 9.59 Å². The number of esters is 1. The van der Waals surface area contributed by atoms with Gasteiger partial charge >= 0.3 is 12.0 Å². The van der Waals surface area contributed by atoms with E-state index in [1.807, 2.05) is 17.5 Å². The molecule has 1 saturated heterocycles. The van der Waals surface area contributed by atoms with E-state index in [2.05, 4.69) is 5.32 Å². The van der Waals surface area contributed by atoms with E-state index < -0.39 is 35.7 Å². The Balaban J connectivity index is 1.54. The lowest BCUT2D eigenvalue weighted by Crippen LogP contribution is -2.37. The summed E-state index contributed by atoms with van der Waals surface area (Å²) in [7, 11) is 0. The molecule has 1 N–H and O–H groups in total. The van der Waals surface area contributed by atoms with E-state index in [4.69, 9.17) is 4.74 Å². The average molecular weight is 496 g/mol. The Bertz CT molecular complexity index is 1250. The zero-order valence-electron chi connectivity index (χ0n) is 18.8. The number of urea groups is 1. The maximum absolute atomic E-state index is 13.4. The fourth-order valence-electron chi connectivity index (χ4n) is 3.74. The molecule has 4 rings (SSSR count). The first-order valence-electron chi connectivity index (χ1n) is 10.9. The number of hydrogen-bond acceptors (Lipinski definition) is 6. The highest BCUT2D eigenvalue weighted by Crippen LogP contribution is 2.29. The second-order valence-electron chi connectivity index (χ2n) is 7.71. The molecule has 0 bridgehead atoms. The number of benzene rings is 2. The number of nitrogens with zero attached hydrogens (tertiary/aromatic N) is 2. The van der Waals surface area contributed by atoms with Crippen LogP contribution in [0.5, 0.6) is 0 Å². The van der Waals surface area contributed by atoms with Crippen molar-refractivity contribution >= 4 is 46.5 Å². The summed E-state index contributed by atoms with van der Waals surface area (Å²) in [6.45, 7) is 2.06. The molecule has 0 spiro atoms. The molecular weight excluding hydrogens is 473 g/mol. The van der Waals surface area contributed by atoms with Gasteiger partial charge in [0.1, 0.15) is 11.9 Å². The van der Waals surface area contributed by atoms with E-state index in [1.54, 1.807) is 25.1 Å². The van der Waals surface area contributed by atoms with Crippen LogP contribution in [-0.2, 0) is 20.9 Å². The van der Waals surface area contributed by atoms with E-state index in [1.165, 1.54) is 34.4 Å². The van der Waals surface area contributed by atoms with Crippen molar-refractivity contribution in [3.8, 4) is 0 Å². The molecule has 1 aromatic heterocycles. The van der Waals surface area contributed by atoms with Crippen LogP contribution < -0.4 is 10.2 Å².